The van der Waals surface area contributed by atoms with Crippen LogP contribution in [0.15, 0.2) is 36.4 Å². The van der Waals surface area contributed by atoms with Gasteiger partial charge in [0.05, 0.1) is 19.8 Å². The molecular formula is C17H18INO3. The molecule has 0 spiro atoms. The van der Waals surface area contributed by atoms with Crippen LogP contribution in [-0.4, -0.2) is 20.1 Å². The standard InChI is InChI=1S/C17H18INO3/c1-11-6-4-5-7-12(11)10-19-17(20)13-8-15(21-2)16(22-3)9-14(13)18/h4-9H,10H2,1-3H3,(H,19,20). The van der Waals surface area contributed by atoms with Gasteiger partial charge in [-0.1, -0.05) is 24.3 Å². The summed E-state index contributed by atoms with van der Waals surface area (Å²) in [5, 5.41) is 2.95. The SMILES string of the molecule is COc1cc(I)c(C(=O)NCc2ccccc2C)cc1OC. The molecule has 116 valence electrons. The van der Waals surface area contributed by atoms with Gasteiger partial charge in [0.15, 0.2) is 11.5 Å². The van der Waals surface area contributed by atoms with Crippen molar-refractivity contribution < 1.29 is 14.3 Å². The Morgan fingerprint density at radius 2 is 1.77 bits per heavy atom. The molecule has 1 amide bonds. The lowest BCUT2D eigenvalue weighted by molar-refractivity contribution is 0.0949. The van der Waals surface area contributed by atoms with E-state index in [-0.39, 0.29) is 5.91 Å². The molecule has 0 aromatic heterocycles. The van der Waals surface area contributed by atoms with Crippen molar-refractivity contribution in [3.05, 3.63) is 56.7 Å². The minimum Gasteiger partial charge on any atom is -0.493 e. The molecule has 1 N–H and O–H groups in total. The number of amides is 1. The van der Waals surface area contributed by atoms with Gasteiger partial charge in [-0.05, 0) is 52.8 Å². The highest BCUT2D eigenvalue weighted by Crippen LogP contribution is 2.31. The number of benzene rings is 2. The predicted octanol–water partition coefficient (Wildman–Crippen LogP) is 3.55. The average Bonchev–Trinajstić information content (AvgIpc) is 2.53. The molecule has 0 unspecified atom stereocenters. The Morgan fingerprint density at radius 1 is 1.14 bits per heavy atom. The van der Waals surface area contributed by atoms with Crippen molar-refractivity contribution in [2.24, 2.45) is 0 Å². The Labute approximate surface area is 144 Å². The molecule has 5 heteroatoms. The van der Waals surface area contributed by atoms with E-state index in [2.05, 4.69) is 27.9 Å². The largest absolute Gasteiger partial charge is 0.493 e. The normalized spacial score (nSPS) is 10.2. The molecule has 0 fully saturated rings. The van der Waals surface area contributed by atoms with Crippen molar-refractivity contribution in [1.29, 1.82) is 0 Å². The van der Waals surface area contributed by atoms with Gasteiger partial charge in [0.1, 0.15) is 0 Å². The second-order valence-corrected chi connectivity index (χ2v) is 5.96. The van der Waals surface area contributed by atoms with E-state index < -0.39 is 0 Å². The first-order valence-corrected chi connectivity index (χ1v) is 7.89. The van der Waals surface area contributed by atoms with Crippen LogP contribution in [0.1, 0.15) is 21.5 Å². The molecular weight excluding hydrogens is 393 g/mol. The van der Waals surface area contributed by atoms with Gasteiger partial charge < -0.3 is 14.8 Å². The molecule has 0 heterocycles. The van der Waals surface area contributed by atoms with Gasteiger partial charge in [-0.2, -0.15) is 0 Å². The number of rotatable bonds is 5. The third-order valence-corrected chi connectivity index (χ3v) is 4.31. The first-order chi connectivity index (χ1) is 10.6. The number of halogens is 1. The number of carbonyl (C=O) groups is 1. The highest BCUT2D eigenvalue weighted by Gasteiger charge is 2.15. The number of hydrogen-bond acceptors (Lipinski definition) is 3. The number of aryl methyl sites for hydroxylation is 1. The summed E-state index contributed by atoms with van der Waals surface area (Å²) >= 11 is 2.12. The lowest BCUT2D eigenvalue weighted by Crippen LogP contribution is -2.24. The van der Waals surface area contributed by atoms with Gasteiger partial charge in [-0.15, -0.1) is 0 Å². The molecule has 0 saturated carbocycles. The predicted molar refractivity (Wildman–Crippen MR) is 94.6 cm³/mol. The van der Waals surface area contributed by atoms with E-state index in [0.717, 1.165) is 14.7 Å². The number of hydrogen-bond donors (Lipinski definition) is 1. The smallest absolute Gasteiger partial charge is 0.252 e. The fourth-order valence-electron chi connectivity index (χ4n) is 2.11. The van der Waals surface area contributed by atoms with E-state index in [4.69, 9.17) is 9.47 Å². The van der Waals surface area contributed by atoms with E-state index in [1.807, 2.05) is 31.2 Å². The summed E-state index contributed by atoms with van der Waals surface area (Å²) in [5.41, 5.74) is 2.84. The van der Waals surface area contributed by atoms with Crippen molar-refractivity contribution >= 4 is 28.5 Å². The monoisotopic (exact) mass is 411 g/mol. The average molecular weight is 411 g/mol. The highest BCUT2D eigenvalue weighted by molar-refractivity contribution is 14.1. The number of methoxy groups -OCH3 is 2. The molecule has 4 nitrogen and oxygen atoms in total. The van der Waals surface area contributed by atoms with Crippen molar-refractivity contribution in [2.75, 3.05) is 14.2 Å². The summed E-state index contributed by atoms with van der Waals surface area (Å²) in [5.74, 6) is 1.03. The van der Waals surface area contributed by atoms with Crippen molar-refractivity contribution in [3.8, 4) is 11.5 Å². The van der Waals surface area contributed by atoms with Crippen molar-refractivity contribution in [3.63, 3.8) is 0 Å². The summed E-state index contributed by atoms with van der Waals surface area (Å²) < 4.78 is 11.3. The van der Waals surface area contributed by atoms with Crippen LogP contribution in [0, 0.1) is 10.5 Å². The maximum absolute atomic E-state index is 12.4. The molecule has 2 aromatic carbocycles. The van der Waals surface area contributed by atoms with Crippen LogP contribution in [0.5, 0.6) is 11.5 Å². The lowest BCUT2D eigenvalue weighted by Gasteiger charge is -2.12. The summed E-state index contributed by atoms with van der Waals surface area (Å²) in [6.45, 7) is 2.53. The van der Waals surface area contributed by atoms with Gasteiger partial charge >= 0.3 is 0 Å². The van der Waals surface area contributed by atoms with E-state index >= 15 is 0 Å². The zero-order chi connectivity index (χ0) is 16.1. The van der Waals surface area contributed by atoms with Crippen LogP contribution in [0.2, 0.25) is 0 Å². The molecule has 0 aliphatic carbocycles. The molecule has 2 aromatic rings. The van der Waals surface area contributed by atoms with Gasteiger partial charge in [-0.25, -0.2) is 0 Å². The Morgan fingerprint density at radius 3 is 2.41 bits per heavy atom. The Kier molecular flexibility index (Phi) is 5.65. The molecule has 0 aliphatic heterocycles. The molecule has 0 saturated heterocycles. The minimum atomic E-state index is -0.131. The third kappa shape index (κ3) is 3.71. The summed E-state index contributed by atoms with van der Waals surface area (Å²) in [6, 6.07) is 11.5. The second kappa shape index (κ2) is 7.49. The number of carbonyl (C=O) groups excluding carboxylic acids is 1. The molecule has 22 heavy (non-hydrogen) atoms. The molecule has 2 rings (SSSR count). The number of ether oxygens (including phenoxy) is 2. The minimum absolute atomic E-state index is 0.131. The Balaban J connectivity index is 2.18. The molecule has 0 aliphatic rings. The fourth-order valence-corrected chi connectivity index (χ4v) is 2.79. The maximum atomic E-state index is 12.4. The van der Waals surface area contributed by atoms with E-state index in [1.54, 1.807) is 26.4 Å². The van der Waals surface area contributed by atoms with Crippen LogP contribution >= 0.6 is 22.6 Å². The lowest BCUT2D eigenvalue weighted by atomic mass is 10.1. The van der Waals surface area contributed by atoms with Crippen LogP contribution in [0.3, 0.4) is 0 Å². The number of nitrogens with one attached hydrogen (secondary N) is 1. The zero-order valence-electron chi connectivity index (χ0n) is 12.8. The van der Waals surface area contributed by atoms with Gasteiger partial charge in [0.25, 0.3) is 5.91 Å². The first kappa shape index (κ1) is 16.6. The third-order valence-electron chi connectivity index (χ3n) is 3.42. The van der Waals surface area contributed by atoms with Crippen LogP contribution in [0.4, 0.5) is 0 Å². The maximum Gasteiger partial charge on any atom is 0.252 e. The zero-order valence-corrected chi connectivity index (χ0v) is 14.9. The van der Waals surface area contributed by atoms with E-state index in [0.29, 0.717) is 23.6 Å². The quantitative estimate of drug-likeness (QED) is 0.766. The van der Waals surface area contributed by atoms with E-state index in [1.165, 1.54) is 0 Å². The highest BCUT2D eigenvalue weighted by atomic mass is 127. The van der Waals surface area contributed by atoms with Crippen LogP contribution in [0.25, 0.3) is 0 Å². The van der Waals surface area contributed by atoms with Crippen LogP contribution in [-0.2, 0) is 6.54 Å². The Hall–Kier alpha value is -1.76. The first-order valence-electron chi connectivity index (χ1n) is 6.81. The van der Waals surface area contributed by atoms with Crippen molar-refractivity contribution in [1.82, 2.24) is 5.32 Å². The molecule has 0 radical (unpaired) electrons. The van der Waals surface area contributed by atoms with Crippen LogP contribution < -0.4 is 14.8 Å². The van der Waals surface area contributed by atoms with Crippen molar-refractivity contribution in [2.45, 2.75) is 13.5 Å². The molecule has 0 atom stereocenters. The second-order valence-electron chi connectivity index (χ2n) is 4.80. The molecule has 0 bridgehead atoms. The topological polar surface area (TPSA) is 47.6 Å². The Bertz CT molecular complexity index is 686. The van der Waals surface area contributed by atoms with Gasteiger partial charge in [-0.3, -0.25) is 4.79 Å². The summed E-state index contributed by atoms with van der Waals surface area (Å²) in [6.07, 6.45) is 0. The van der Waals surface area contributed by atoms with E-state index in [9.17, 15) is 4.79 Å². The summed E-state index contributed by atoms with van der Waals surface area (Å²) in [4.78, 5) is 12.4. The fraction of sp³-hybridized carbons (Fsp3) is 0.235. The summed E-state index contributed by atoms with van der Waals surface area (Å²) in [7, 11) is 3.13. The van der Waals surface area contributed by atoms with Gasteiger partial charge in [0, 0.05) is 10.1 Å². The van der Waals surface area contributed by atoms with Gasteiger partial charge in [0.2, 0.25) is 0 Å².